The SMILES string of the molecule is CCCCCCCCCC(F)C(=O)O. The highest BCUT2D eigenvalue weighted by atomic mass is 19.1. The van der Waals surface area contributed by atoms with E-state index < -0.39 is 12.1 Å². The Morgan fingerprint density at radius 3 is 2.14 bits per heavy atom. The largest absolute Gasteiger partial charge is 0.479 e. The van der Waals surface area contributed by atoms with Gasteiger partial charge in [0.2, 0.25) is 0 Å². The summed E-state index contributed by atoms with van der Waals surface area (Å²) in [4.78, 5) is 10.1. The van der Waals surface area contributed by atoms with Gasteiger partial charge in [-0.1, -0.05) is 45.4 Å². The zero-order valence-corrected chi connectivity index (χ0v) is 8.97. The molecule has 84 valence electrons. The van der Waals surface area contributed by atoms with Crippen LogP contribution in [-0.2, 0) is 4.79 Å². The van der Waals surface area contributed by atoms with E-state index >= 15 is 0 Å². The van der Waals surface area contributed by atoms with Crippen LogP contribution >= 0.6 is 0 Å². The predicted octanol–water partition coefficient (Wildman–Crippen LogP) is 3.55. The fraction of sp³-hybridized carbons (Fsp3) is 0.909. The molecule has 0 fully saturated rings. The molecule has 0 heterocycles. The molecule has 0 saturated carbocycles. The van der Waals surface area contributed by atoms with Crippen molar-refractivity contribution in [2.45, 2.75) is 64.5 Å². The minimum Gasteiger partial charge on any atom is -0.479 e. The van der Waals surface area contributed by atoms with Gasteiger partial charge in [-0.2, -0.15) is 0 Å². The van der Waals surface area contributed by atoms with E-state index in [4.69, 9.17) is 5.11 Å². The van der Waals surface area contributed by atoms with Crippen molar-refractivity contribution in [1.82, 2.24) is 0 Å². The van der Waals surface area contributed by atoms with Gasteiger partial charge in [0, 0.05) is 0 Å². The molecule has 3 heteroatoms. The summed E-state index contributed by atoms with van der Waals surface area (Å²) >= 11 is 0. The molecular formula is C11H21FO2. The second-order valence-corrected chi connectivity index (χ2v) is 3.72. The van der Waals surface area contributed by atoms with E-state index in [-0.39, 0.29) is 6.42 Å². The number of rotatable bonds is 9. The van der Waals surface area contributed by atoms with Crippen LogP contribution in [0.4, 0.5) is 4.39 Å². The van der Waals surface area contributed by atoms with Crippen LogP contribution in [0.25, 0.3) is 0 Å². The first kappa shape index (κ1) is 13.4. The zero-order chi connectivity index (χ0) is 10.8. The summed E-state index contributed by atoms with van der Waals surface area (Å²) in [7, 11) is 0. The van der Waals surface area contributed by atoms with Gasteiger partial charge < -0.3 is 5.11 Å². The van der Waals surface area contributed by atoms with Crippen molar-refractivity contribution in [3.8, 4) is 0 Å². The Hall–Kier alpha value is -0.600. The number of unbranched alkanes of at least 4 members (excludes halogenated alkanes) is 6. The summed E-state index contributed by atoms with van der Waals surface area (Å²) in [5, 5.41) is 8.28. The molecule has 0 aromatic carbocycles. The van der Waals surface area contributed by atoms with Crippen molar-refractivity contribution in [2.24, 2.45) is 0 Å². The number of hydrogen-bond acceptors (Lipinski definition) is 1. The molecule has 0 aliphatic carbocycles. The van der Waals surface area contributed by atoms with Crippen LogP contribution in [0.3, 0.4) is 0 Å². The van der Waals surface area contributed by atoms with Crippen LogP contribution in [0.15, 0.2) is 0 Å². The maximum absolute atomic E-state index is 12.6. The quantitative estimate of drug-likeness (QED) is 0.583. The molecule has 0 amide bonds. The van der Waals surface area contributed by atoms with Crippen molar-refractivity contribution in [1.29, 1.82) is 0 Å². The number of carboxylic acid groups (broad SMARTS) is 1. The molecule has 0 rings (SSSR count). The monoisotopic (exact) mass is 204 g/mol. The Labute approximate surface area is 85.5 Å². The lowest BCUT2D eigenvalue weighted by Crippen LogP contribution is -2.13. The lowest BCUT2D eigenvalue weighted by Gasteiger charge is -2.02. The average molecular weight is 204 g/mol. The van der Waals surface area contributed by atoms with Crippen LogP contribution in [0.2, 0.25) is 0 Å². The molecule has 1 atom stereocenters. The highest BCUT2D eigenvalue weighted by Gasteiger charge is 2.13. The third-order valence-corrected chi connectivity index (χ3v) is 2.33. The smallest absolute Gasteiger partial charge is 0.338 e. The normalized spacial score (nSPS) is 12.7. The van der Waals surface area contributed by atoms with Crippen LogP contribution in [0, 0.1) is 0 Å². The summed E-state index contributed by atoms with van der Waals surface area (Å²) < 4.78 is 12.6. The van der Waals surface area contributed by atoms with E-state index in [0.29, 0.717) is 6.42 Å². The van der Waals surface area contributed by atoms with Crippen molar-refractivity contribution < 1.29 is 14.3 Å². The standard InChI is InChI=1S/C11H21FO2/c1-2-3-4-5-6-7-8-9-10(12)11(13)14/h10H,2-9H2,1H3,(H,13,14). The topological polar surface area (TPSA) is 37.3 Å². The van der Waals surface area contributed by atoms with Gasteiger partial charge in [-0.25, -0.2) is 9.18 Å². The van der Waals surface area contributed by atoms with Gasteiger partial charge in [-0.3, -0.25) is 0 Å². The second kappa shape index (κ2) is 8.97. The third-order valence-electron chi connectivity index (χ3n) is 2.33. The van der Waals surface area contributed by atoms with Crippen molar-refractivity contribution in [3.63, 3.8) is 0 Å². The minimum absolute atomic E-state index is 0.170. The number of aliphatic carboxylic acids is 1. The fourth-order valence-corrected chi connectivity index (χ4v) is 1.40. The van der Waals surface area contributed by atoms with Gasteiger partial charge in [0.15, 0.2) is 6.17 Å². The maximum Gasteiger partial charge on any atom is 0.338 e. The van der Waals surface area contributed by atoms with E-state index in [1.54, 1.807) is 0 Å². The Bertz CT molecular complexity index is 148. The first-order chi connectivity index (χ1) is 6.68. The molecule has 0 aromatic heterocycles. The van der Waals surface area contributed by atoms with Gasteiger partial charge in [0.25, 0.3) is 0 Å². The van der Waals surface area contributed by atoms with E-state index in [1.165, 1.54) is 25.7 Å². The first-order valence-corrected chi connectivity index (χ1v) is 5.55. The Morgan fingerprint density at radius 2 is 1.64 bits per heavy atom. The van der Waals surface area contributed by atoms with Gasteiger partial charge in [0.1, 0.15) is 0 Å². The number of hydrogen-bond donors (Lipinski definition) is 1. The Morgan fingerprint density at radius 1 is 1.14 bits per heavy atom. The number of carboxylic acids is 1. The molecule has 1 N–H and O–H groups in total. The Balaban J connectivity index is 3.09. The summed E-state index contributed by atoms with van der Waals surface area (Å²) in [6, 6.07) is 0. The van der Waals surface area contributed by atoms with Crippen molar-refractivity contribution in [3.05, 3.63) is 0 Å². The maximum atomic E-state index is 12.6. The highest BCUT2D eigenvalue weighted by molar-refractivity contribution is 5.71. The van der Waals surface area contributed by atoms with Crippen LogP contribution in [-0.4, -0.2) is 17.2 Å². The molecule has 14 heavy (non-hydrogen) atoms. The number of carbonyl (C=O) groups is 1. The molecular weight excluding hydrogens is 183 g/mol. The molecule has 0 radical (unpaired) electrons. The van der Waals surface area contributed by atoms with Crippen LogP contribution < -0.4 is 0 Å². The Kier molecular flexibility index (Phi) is 8.59. The van der Waals surface area contributed by atoms with Gasteiger partial charge in [0.05, 0.1) is 0 Å². The van der Waals surface area contributed by atoms with E-state index in [2.05, 4.69) is 6.92 Å². The average Bonchev–Trinajstić information content (AvgIpc) is 2.16. The summed E-state index contributed by atoms with van der Waals surface area (Å²) in [6.45, 7) is 2.17. The summed E-state index contributed by atoms with van der Waals surface area (Å²) in [5.74, 6) is -1.32. The zero-order valence-electron chi connectivity index (χ0n) is 8.97. The van der Waals surface area contributed by atoms with Crippen molar-refractivity contribution >= 4 is 5.97 Å². The molecule has 0 bridgehead atoms. The number of halogens is 1. The van der Waals surface area contributed by atoms with E-state index in [0.717, 1.165) is 12.8 Å². The predicted molar refractivity (Wildman–Crippen MR) is 55.1 cm³/mol. The van der Waals surface area contributed by atoms with E-state index in [9.17, 15) is 9.18 Å². The van der Waals surface area contributed by atoms with E-state index in [1.807, 2.05) is 0 Å². The summed E-state index contributed by atoms with van der Waals surface area (Å²) in [5.41, 5.74) is 0. The van der Waals surface area contributed by atoms with Crippen molar-refractivity contribution in [2.75, 3.05) is 0 Å². The number of alkyl halides is 1. The van der Waals surface area contributed by atoms with Gasteiger partial charge >= 0.3 is 5.97 Å². The lowest BCUT2D eigenvalue weighted by molar-refractivity contribution is -0.143. The van der Waals surface area contributed by atoms with Crippen LogP contribution in [0.1, 0.15) is 58.3 Å². The van der Waals surface area contributed by atoms with Gasteiger partial charge in [-0.15, -0.1) is 0 Å². The second-order valence-electron chi connectivity index (χ2n) is 3.72. The summed E-state index contributed by atoms with van der Waals surface area (Å²) in [6.07, 6.45) is 6.19. The third kappa shape index (κ3) is 8.02. The van der Waals surface area contributed by atoms with Crippen LogP contribution in [0.5, 0.6) is 0 Å². The molecule has 2 nitrogen and oxygen atoms in total. The molecule has 0 saturated heterocycles. The molecule has 0 aromatic rings. The molecule has 0 aliphatic rings. The fourth-order valence-electron chi connectivity index (χ4n) is 1.40. The highest BCUT2D eigenvalue weighted by Crippen LogP contribution is 2.11. The molecule has 1 unspecified atom stereocenters. The molecule has 0 spiro atoms. The lowest BCUT2D eigenvalue weighted by atomic mass is 10.1. The first-order valence-electron chi connectivity index (χ1n) is 5.55. The van der Waals surface area contributed by atoms with Gasteiger partial charge in [-0.05, 0) is 12.8 Å². The minimum atomic E-state index is -1.66. The molecule has 0 aliphatic heterocycles.